The minimum Gasteiger partial charge on any atom is -0.463 e. The number of hydrogen-bond donors (Lipinski definition) is 2. The number of ether oxygens (including phenoxy) is 3. The first kappa shape index (κ1) is 36.8. The van der Waals surface area contributed by atoms with Crippen LogP contribution in [0, 0.1) is 5.41 Å². The van der Waals surface area contributed by atoms with E-state index in [9.17, 15) is 14.4 Å². The van der Waals surface area contributed by atoms with Crippen LogP contribution in [0.3, 0.4) is 0 Å². The van der Waals surface area contributed by atoms with Crippen LogP contribution in [0.2, 0.25) is 0 Å². The fourth-order valence-electron chi connectivity index (χ4n) is 4.48. The predicted octanol–water partition coefficient (Wildman–Crippen LogP) is 6.53. The molecular formula is C33H58N2O6. The molecule has 0 saturated carbocycles. The van der Waals surface area contributed by atoms with E-state index in [1.54, 1.807) is 13.8 Å². The van der Waals surface area contributed by atoms with Crippen molar-refractivity contribution in [3.8, 4) is 0 Å². The smallest absolute Gasteiger partial charge is 0.307 e. The van der Waals surface area contributed by atoms with Crippen molar-refractivity contribution >= 4 is 17.8 Å². The Morgan fingerprint density at radius 1 is 0.902 bits per heavy atom. The van der Waals surface area contributed by atoms with Crippen molar-refractivity contribution in [3.05, 3.63) is 24.3 Å². The largest absolute Gasteiger partial charge is 0.463 e. The van der Waals surface area contributed by atoms with E-state index in [1.807, 2.05) is 20.8 Å². The number of hydrogen-bond acceptors (Lipinski definition) is 6. The van der Waals surface area contributed by atoms with Gasteiger partial charge in [-0.05, 0) is 59.3 Å². The van der Waals surface area contributed by atoms with E-state index in [0.29, 0.717) is 13.0 Å². The van der Waals surface area contributed by atoms with Crippen LogP contribution in [-0.2, 0) is 28.6 Å². The highest BCUT2D eigenvalue weighted by molar-refractivity contribution is 5.82. The molecule has 8 nitrogen and oxygen atoms in total. The Kier molecular flexibility index (Phi) is 18.6. The summed E-state index contributed by atoms with van der Waals surface area (Å²) in [6.07, 6.45) is 21.6. The highest BCUT2D eigenvalue weighted by atomic mass is 16.7. The maximum atomic E-state index is 12.6. The van der Waals surface area contributed by atoms with E-state index in [0.717, 1.165) is 32.1 Å². The average Bonchev–Trinajstić information content (AvgIpc) is 2.91. The van der Waals surface area contributed by atoms with Crippen LogP contribution in [0.25, 0.3) is 0 Å². The summed E-state index contributed by atoms with van der Waals surface area (Å²) in [6.45, 7) is 12.1. The van der Waals surface area contributed by atoms with Crippen molar-refractivity contribution in [2.24, 2.45) is 5.41 Å². The van der Waals surface area contributed by atoms with Gasteiger partial charge in [-0.2, -0.15) is 0 Å². The van der Waals surface area contributed by atoms with E-state index >= 15 is 0 Å². The van der Waals surface area contributed by atoms with E-state index in [-0.39, 0.29) is 37.4 Å². The lowest BCUT2D eigenvalue weighted by molar-refractivity contribution is -0.304. The van der Waals surface area contributed by atoms with E-state index in [2.05, 4.69) is 41.9 Å². The monoisotopic (exact) mass is 578 g/mol. The quantitative estimate of drug-likeness (QED) is 0.0912. The normalized spacial score (nSPS) is 18.8. The number of nitrogens with one attached hydrogen (secondary N) is 2. The second-order valence-corrected chi connectivity index (χ2v) is 12.3. The second kappa shape index (κ2) is 20.6. The molecule has 8 heteroatoms. The van der Waals surface area contributed by atoms with Crippen molar-refractivity contribution in [1.82, 2.24) is 10.6 Å². The van der Waals surface area contributed by atoms with Gasteiger partial charge in [0, 0.05) is 18.4 Å². The van der Waals surface area contributed by atoms with Crippen molar-refractivity contribution in [3.63, 3.8) is 0 Å². The summed E-state index contributed by atoms with van der Waals surface area (Å²) in [5, 5.41) is 5.65. The van der Waals surface area contributed by atoms with Crippen LogP contribution in [0.1, 0.15) is 125 Å². The highest BCUT2D eigenvalue weighted by Gasteiger charge is 2.45. The predicted molar refractivity (Wildman–Crippen MR) is 164 cm³/mol. The number of carbonyl (C=O) groups excluding carboxylic acids is 3. The number of rotatable bonds is 21. The Morgan fingerprint density at radius 3 is 2.22 bits per heavy atom. The van der Waals surface area contributed by atoms with Gasteiger partial charge in [0.2, 0.25) is 11.8 Å². The first-order valence-electron chi connectivity index (χ1n) is 15.8. The standard InChI is InChI=1S/C33H58N2O6/c1-7-8-9-10-11-12-13-14-15-16-17-18-19-20-21-22-28(36)35-27(2)25-39-29(37)23-24-34-31(38)30-32(3,4)26-40-33(5,6)41-30/h11-12,14-15,27,30H,7-10,13,16-26H2,1-6H3,(H,34,38)(H,35,36)/b12-11-,15-14-. The Labute approximate surface area is 249 Å². The summed E-state index contributed by atoms with van der Waals surface area (Å²) in [7, 11) is 0. The van der Waals surface area contributed by atoms with Gasteiger partial charge in [0.05, 0.1) is 19.1 Å². The third-order valence-electron chi connectivity index (χ3n) is 7.03. The van der Waals surface area contributed by atoms with Crippen LogP contribution >= 0.6 is 0 Å². The molecule has 0 radical (unpaired) electrons. The number of carbonyl (C=O) groups is 3. The van der Waals surface area contributed by atoms with Gasteiger partial charge in [-0.1, -0.05) is 77.2 Å². The lowest BCUT2D eigenvalue weighted by Crippen LogP contribution is -2.56. The second-order valence-electron chi connectivity index (χ2n) is 12.3. The fraction of sp³-hybridized carbons (Fsp3) is 0.788. The highest BCUT2D eigenvalue weighted by Crippen LogP contribution is 2.34. The summed E-state index contributed by atoms with van der Waals surface area (Å²) in [5.74, 6) is -1.55. The average molecular weight is 579 g/mol. The minimum atomic E-state index is -0.834. The first-order valence-corrected chi connectivity index (χ1v) is 15.8. The van der Waals surface area contributed by atoms with Gasteiger partial charge >= 0.3 is 5.97 Å². The molecule has 41 heavy (non-hydrogen) atoms. The minimum absolute atomic E-state index is 0.0199. The van der Waals surface area contributed by atoms with Crippen molar-refractivity contribution < 1.29 is 28.6 Å². The van der Waals surface area contributed by atoms with Gasteiger partial charge in [-0.3, -0.25) is 14.4 Å². The van der Waals surface area contributed by atoms with Crippen molar-refractivity contribution in [1.29, 1.82) is 0 Å². The molecule has 2 N–H and O–H groups in total. The molecule has 0 spiro atoms. The van der Waals surface area contributed by atoms with Gasteiger partial charge in [-0.25, -0.2) is 0 Å². The Balaban J connectivity index is 2.04. The lowest BCUT2D eigenvalue weighted by Gasteiger charge is -2.44. The van der Waals surface area contributed by atoms with Crippen LogP contribution < -0.4 is 10.6 Å². The molecular weight excluding hydrogens is 520 g/mol. The molecule has 0 aromatic rings. The number of esters is 1. The molecule has 2 atom stereocenters. The first-order chi connectivity index (χ1) is 19.5. The molecule has 1 aliphatic heterocycles. The summed E-state index contributed by atoms with van der Waals surface area (Å²) < 4.78 is 16.7. The molecule has 0 aromatic carbocycles. The third kappa shape index (κ3) is 18.1. The molecule has 0 aromatic heterocycles. The molecule has 2 amide bonds. The molecule has 1 aliphatic rings. The SMILES string of the molecule is CCCCC/C=C\C/C=C\CCCCCCCC(=O)NC(C)COC(=O)CCNC(=O)C1OC(C)(C)OCC1(C)C. The molecule has 1 fully saturated rings. The molecule has 0 bridgehead atoms. The number of unbranched alkanes of at least 4 members (excludes halogenated alkanes) is 8. The van der Waals surface area contributed by atoms with Crippen LogP contribution in [0.15, 0.2) is 24.3 Å². The van der Waals surface area contributed by atoms with Crippen LogP contribution in [0.4, 0.5) is 0 Å². The summed E-state index contributed by atoms with van der Waals surface area (Å²) in [6, 6.07) is -0.266. The molecule has 236 valence electrons. The molecule has 2 unspecified atom stereocenters. The Morgan fingerprint density at radius 2 is 1.54 bits per heavy atom. The van der Waals surface area contributed by atoms with Crippen molar-refractivity contribution in [2.75, 3.05) is 19.8 Å². The molecule has 1 saturated heterocycles. The van der Waals surface area contributed by atoms with E-state index in [1.165, 1.54) is 38.5 Å². The topological polar surface area (TPSA) is 103 Å². The molecule has 0 aliphatic carbocycles. The number of amides is 2. The molecule has 1 rings (SSSR count). The zero-order valence-corrected chi connectivity index (χ0v) is 26.7. The van der Waals surface area contributed by atoms with E-state index < -0.39 is 23.3 Å². The Bertz CT molecular complexity index is 821. The van der Waals surface area contributed by atoms with E-state index in [4.69, 9.17) is 14.2 Å². The van der Waals surface area contributed by atoms with Gasteiger partial charge in [0.1, 0.15) is 12.7 Å². The van der Waals surface area contributed by atoms with Gasteiger partial charge in [-0.15, -0.1) is 0 Å². The zero-order chi connectivity index (χ0) is 30.6. The molecule has 1 heterocycles. The lowest BCUT2D eigenvalue weighted by atomic mass is 9.85. The zero-order valence-electron chi connectivity index (χ0n) is 26.7. The summed E-state index contributed by atoms with van der Waals surface area (Å²) in [5.41, 5.74) is -0.476. The van der Waals surface area contributed by atoms with Gasteiger partial charge in [0.15, 0.2) is 5.79 Å². The maximum Gasteiger partial charge on any atom is 0.307 e. The van der Waals surface area contributed by atoms with Crippen LogP contribution in [0.5, 0.6) is 0 Å². The van der Waals surface area contributed by atoms with Crippen molar-refractivity contribution in [2.45, 2.75) is 143 Å². The number of allylic oxidation sites excluding steroid dienone is 4. The van der Waals surface area contributed by atoms with Gasteiger partial charge < -0.3 is 24.8 Å². The fourth-order valence-corrected chi connectivity index (χ4v) is 4.48. The van der Waals surface area contributed by atoms with Crippen LogP contribution in [-0.4, -0.2) is 55.5 Å². The third-order valence-corrected chi connectivity index (χ3v) is 7.03. The summed E-state index contributed by atoms with van der Waals surface area (Å²) >= 11 is 0. The summed E-state index contributed by atoms with van der Waals surface area (Å²) in [4.78, 5) is 36.9. The Hall–Kier alpha value is -2.19. The van der Waals surface area contributed by atoms with Gasteiger partial charge in [0.25, 0.3) is 0 Å². The maximum absolute atomic E-state index is 12.6.